The maximum absolute atomic E-state index is 6.02. The first-order chi connectivity index (χ1) is 11.8. The molecule has 130 valence electrons. The van der Waals surface area contributed by atoms with Crippen molar-refractivity contribution < 1.29 is 0 Å². The molecule has 0 radical (unpaired) electrons. The molecule has 1 heterocycles. The van der Waals surface area contributed by atoms with Gasteiger partial charge in [-0.3, -0.25) is 4.99 Å². The van der Waals surface area contributed by atoms with E-state index in [4.69, 9.17) is 5.73 Å². The highest BCUT2D eigenvalue weighted by atomic mass is 127. The number of aliphatic imine (C=N–C) groups is 1. The Labute approximate surface area is 164 Å². The zero-order valence-electron chi connectivity index (χ0n) is 14.1. The summed E-state index contributed by atoms with van der Waals surface area (Å²) in [5, 5.41) is 4.44. The fourth-order valence-corrected chi connectivity index (χ4v) is 3.40. The molecule has 0 bridgehead atoms. The molecule has 0 spiro atoms. The van der Waals surface area contributed by atoms with E-state index in [1.54, 1.807) is 0 Å². The third-order valence-corrected chi connectivity index (χ3v) is 4.67. The van der Waals surface area contributed by atoms with Crippen LogP contribution in [-0.4, -0.2) is 17.5 Å². The van der Waals surface area contributed by atoms with E-state index in [1.807, 2.05) is 6.20 Å². The van der Waals surface area contributed by atoms with Crippen molar-refractivity contribution in [1.82, 2.24) is 4.98 Å². The first kappa shape index (κ1) is 17.8. The van der Waals surface area contributed by atoms with E-state index in [-0.39, 0.29) is 24.0 Å². The van der Waals surface area contributed by atoms with Gasteiger partial charge in [-0.25, -0.2) is 0 Å². The van der Waals surface area contributed by atoms with Gasteiger partial charge in [0, 0.05) is 23.9 Å². The van der Waals surface area contributed by atoms with Crippen LogP contribution in [0, 0.1) is 0 Å². The highest BCUT2D eigenvalue weighted by Gasteiger charge is 2.10. The molecule has 5 heteroatoms. The first-order valence-corrected chi connectivity index (χ1v) is 8.53. The standard InChI is InChI=1S/C20H22N4.HI/c21-20(24-18-6-5-15-2-1-3-16(15)13-18)23-10-8-14-4-7-19-17(12-14)9-11-22-19;/h4-7,9,11-13,22H,1-3,8,10H2,(H3,21,23,24);1H. The monoisotopic (exact) mass is 446 g/mol. The van der Waals surface area contributed by atoms with E-state index < -0.39 is 0 Å². The maximum Gasteiger partial charge on any atom is 0.193 e. The minimum absolute atomic E-state index is 0. The number of fused-ring (bicyclic) bond motifs is 2. The summed E-state index contributed by atoms with van der Waals surface area (Å²) in [6.07, 6.45) is 6.47. The van der Waals surface area contributed by atoms with Crippen LogP contribution in [0.25, 0.3) is 10.9 Å². The number of anilines is 1. The van der Waals surface area contributed by atoms with Crippen molar-refractivity contribution >= 4 is 46.5 Å². The number of aryl methyl sites for hydroxylation is 2. The van der Waals surface area contributed by atoms with Crippen molar-refractivity contribution in [3.8, 4) is 0 Å². The zero-order valence-corrected chi connectivity index (χ0v) is 16.4. The average molecular weight is 446 g/mol. The van der Waals surface area contributed by atoms with Crippen molar-refractivity contribution in [2.75, 3.05) is 11.9 Å². The molecular weight excluding hydrogens is 423 g/mol. The number of nitrogens with two attached hydrogens (primary N) is 1. The minimum Gasteiger partial charge on any atom is -0.370 e. The molecule has 4 N–H and O–H groups in total. The van der Waals surface area contributed by atoms with Gasteiger partial charge in [-0.2, -0.15) is 0 Å². The Bertz CT molecular complexity index is 898. The van der Waals surface area contributed by atoms with Crippen LogP contribution in [0.3, 0.4) is 0 Å². The molecule has 1 aromatic heterocycles. The Balaban J connectivity index is 0.00000182. The van der Waals surface area contributed by atoms with Gasteiger partial charge in [0.15, 0.2) is 5.96 Å². The summed E-state index contributed by atoms with van der Waals surface area (Å²) in [5.41, 5.74) is 12.4. The van der Waals surface area contributed by atoms with Crippen LogP contribution in [0.4, 0.5) is 5.69 Å². The van der Waals surface area contributed by atoms with Crippen molar-refractivity contribution in [2.45, 2.75) is 25.7 Å². The third-order valence-electron chi connectivity index (χ3n) is 4.67. The lowest BCUT2D eigenvalue weighted by Gasteiger charge is -2.08. The average Bonchev–Trinajstić information content (AvgIpc) is 3.22. The number of H-pyrrole nitrogens is 1. The summed E-state index contributed by atoms with van der Waals surface area (Å²) in [5.74, 6) is 0.482. The lowest BCUT2D eigenvalue weighted by molar-refractivity contribution is 0.912. The molecule has 0 saturated heterocycles. The van der Waals surface area contributed by atoms with E-state index in [1.165, 1.54) is 46.9 Å². The van der Waals surface area contributed by atoms with Crippen LogP contribution in [-0.2, 0) is 19.3 Å². The molecule has 0 aliphatic heterocycles. The number of nitrogens with one attached hydrogen (secondary N) is 2. The van der Waals surface area contributed by atoms with Crippen molar-refractivity contribution in [1.29, 1.82) is 0 Å². The quantitative estimate of drug-likeness (QED) is 0.319. The highest BCUT2D eigenvalue weighted by molar-refractivity contribution is 14.0. The summed E-state index contributed by atoms with van der Waals surface area (Å²) < 4.78 is 0. The number of benzene rings is 2. The topological polar surface area (TPSA) is 66.2 Å². The van der Waals surface area contributed by atoms with Gasteiger partial charge >= 0.3 is 0 Å². The lowest BCUT2D eigenvalue weighted by Crippen LogP contribution is -2.23. The van der Waals surface area contributed by atoms with Crippen LogP contribution in [0.2, 0.25) is 0 Å². The summed E-state index contributed by atoms with van der Waals surface area (Å²) in [4.78, 5) is 7.66. The molecule has 3 aromatic rings. The van der Waals surface area contributed by atoms with Crippen LogP contribution in [0.15, 0.2) is 53.7 Å². The largest absolute Gasteiger partial charge is 0.370 e. The predicted octanol–water partition coefficient (Wildman–Crippen LogP) is 4.24. The van der Waals surface area contributed by atoms with Gasteiger partial charge in [0.2, 0.25) is 0 Å². The summed E-state index contributed by atoms with van der Waals surface area (Å²) in [6.45, 7) is 0.680. The van der Waals surface area contributed by atoms with Crippen LogP contribution < -0.4 is 11.1 Å². The van der Waals surface area contributed by atoms with E-state index in [2.05, 4.69) is 57.8 Å². The molecule has 1 aliphatic rings. The van der Waals surface area contributed by atoms with Gasteiger partial charge in [0.25, 0.3) is 0 Å². The third kappa shape index (κ3) is 4.15. The second-order valence-corrected chi connectivity index (χ2v) is 6.38. The van der Waals surface area contributed by atoms with E-state index in [9.17, 15) is 0 Å². The Kier molecular flexibility index (Phi) is 5.63. The lowest BCUT2D eigenvalue weighted by atomic mass is 10.1. The normalized spacial score (nSPS) is 13.5. The fraction of sp³-hybridized carbons (Fsp3) is 0.250. The number of nitrogens with zero attached hydrogens (tertiary/aromatic N) is 1. The molecule has 2 aromatic carbocycles. The Morgan fingerprint density at radius 1 is 1.08 bits per heavy atom. The zero-order chi connectivity index (χ0) is 16.4. The highest BCUT2D eigenvalue weighted by Crippen LogP contribution is 2.24. The minimum atomic E-state index is 0. The predicted molar refractivity (Wildman–Crippen MR) is 116 cm³/mol. The van der Waals surface area contributed by atoms with Crippen LogP contribution in [0.1, 0.15) is 23.1 Å². The number of hydrogen-bond acceptors (Lipinski definition) is 1. The Morgan fingerprint density at radius 3 is 2.88 bits per heavy atom. The number of rotatable bonds is 4. The fourth-order valence-electron chi connectivity index (χ4n) is 3.40. The van der Waals surface area contributed by atoms with Crippen molar-refractivity contribution in [3.05, 3.63) is 65.4 Å². The van der Waals surface area contributed by atoms with E-state index in [0.29, 0.717) is 12.5 Å². The molecule has 0 fully saturated rings. The Morgan fingerprint density at radius 2 is 1.96 bits per heavy atom. The van der Waals surface area contributed by atoms with E-state index >= 15 is 0 Å². The summed E-state index contributed by atoms with van der Waals surface area (Å²) in [7, 11) is 0. The van der Waals surface area contributed by atoms with Crippen LogP contribution in [0.5, 0.6) is 0 Å². The smallest absolute Gasteiger partial charge is 0.193 e. The van der Waals surface area contributed by atoms with Gasteiger partial charge < -0.3 is 16.0 Å². The molecule has 0 unspecified atom stereocenters. The van der Waals surface area contributed by atoms with Gasteiger partial charge in [0.1, 0.15) is 0 Å². The molecular formula is C20H23IN4. The van der Waals surface area contributed by atoms with Gasteiger partial charge in [-0.05, 0) is 78.1 Å². The molecule has 4 rings (SSSR count). The molecule has 0 atom stereocenters. The number of aromatic amines is 1. The molecule has 0 saturated carbocycles. The van der Waals surface area contributed by atoms with Gasteiger partial charge in [-0.15, -0.1) is 24.0 Å². The maximum atomic E-state index is 6.02. The number of guanidine groups is 1. The first-order valence-electron chi connectivity index (χ1n) is 8.53. The summed E-state index contributed by atoms with van der Waals surface area (Å²) >= 11 is 0. The van der Waals surface area contributed by atoms with Crippen molar-refractivity contribution in [2.24, 2.45) is 10.7 Å². The number of halogens is 1. The Hall–Kier alpha value is -2.02. The van der Waals surface area contributed by atoms with Crippen molar-refractivity contribution in [3.63, 3.8) is 0 Å². The SMILES string of the molecule is I.NC(=NCCc1ccc2[nH]ccc2c1)Nc1ccc2c(c1)CCC2. The molecule has 25 heavy (non-hydrogen) atoms. The van der Waals surface area contributed by atoms with E-state index in [0.717, 1.165) is 12.1 Å². The van der Waals surface area contributed by atoms with Gasteiger partial charge in [0.05, 0.1) is 0 Å². The summed E-state index contributed by atoms with van der Waals surface area (Å²) in [6, 6.07) is 15.0. The molecule has 1 aliphatic carbocycles. The molecule has 0 amide bonds. The van der Waals surface area contributed by atoms with Crippen LogP contribution >= 0.6 is 24.0 Å². The number of aromatic nitrogens is 1. The second kappa shape index (κ2) is 7.91. The second-order valence-electron chi connectivity index (χ2n) is 6.38. The number of hydrogen-bond donors (Lipinski definition) is 3. The van der Waals surface area contributed by atoms with Gasteiger partial charge in [-0.1, -0.05) is 12.1 Å². The molecule has 4 nitrogen and oxygen atoms in total.